The highest BCUT2D eigenvalue weighted by molar-refractivity contribution is 5.43. The van der Waals surface area contributed by atoms with Crippen molar-refractivity contribution in [2.24, 2.45) is 5.92 Å². The smallest absolute Gasteiger partial charge is 0.161 e. The number of rotatable bonds is 13. The molecular weight excluding hydrogens is 432 g/mol. The number of likely N-dealkylation sites (N-methyl/N-ethyl adjacent to an activating group) is 1. The van der Waals surface area contributed by atoms with Gasteiger partial charge in [-0.1, -0.05) is 13.0 Å². The van der Waals surface area contributed by atoms with Crippen LogP contribution in [0.15, 0.2) is 42.5 Å². The quantitative estimate of drug-likeness (QED) is 0.477. The first-order valence-electron chi connectivity index (χ1n) is 12.1. The molecule has 0 aromatic heterocycles. The van der Waals surface area contributed by atoms with Gasteiger partial charge in [0.15, 0.2) is 11.5 Å². The van der Waals surface area contributed by atoms with E-state index in [-0.39, 0.29) is 6.61 Å². The van der Waals surface area contributed by atoms with E-state index in [1.54, 1.807) is 14.2 Å². The molecule has 188 valence electrons. The van der Waals surface area contributed by atoms with Crippen LogP contribution in [0.3, 0.4) is 0 Å². The third kappa shape index (κ3) is 8.38. The topological polar surface area (TPSA) is 63.6 Å². The van der Waals surface area contributed by atoms with Crippen molar-refractivity contribution >= 4 is 0 Å². The lowest BCUT2D eigenvalue weighted by Gasteiger charge is -2.30. The Morgan fingerprint density at radius 1 is 0.971 bits per heavy atom. The summed E-state index contributed by atoms with van der Waals surface area (Å²) >= 11 is 0. The van der Waals surface area contributed by atoms with Gasteiger partial charge in [0.05, 0.1) is 14.2 Å². The average Bonchev–Trinajstić information content (AvgIpc) is 2.85. The van der Waals surface area contributed by atoms with Crippen molar-refractivity contribution in [1.29, 1.82) is 0 Å². The van der Waals surface area contributed by atoms with E-state index in [1.807, 2.05) is 43.4 Å². The fourth-order valence-electron chi connectivity index (χ4n) is 4.15. The largest absolute Gasteiger partial charge is 0.497 e. The SMILES string of the molecule is COc1ccc(OC[C@H](O)CN(C)Cc2ccc(OCCN3CCC(C)CC3)c(OC)c2)cc1. The second kappa shape index (κ2) is 13.4. The van der Waals surface area contributed by atoms with E-state index in [0.717, 1.165) is 48.4 Å². The van der Waals surface area contributed by atoms with Gasteiger partial charge in [0.25, 0.3) is 0 Å². The van der Waals surface area contributed by atoms with Crippen molar-refractivity contribution in [2.45, 2.75) is 32.4 Å². The Kier molecular flexibility index (Phi) is 10.3. The minimum absolute atomic E-state index is 0.225. The molecule has 2 aromatic rings. The maximum absolute atomic E-state index is 10.4. The van der Waals surface area contributed by atoms with Crippen LogP contribution < -0.4 is 18.9 Å². The molecule has 0 spiro atoms. The molecule has 0 amide bonds. The van der Waals surface area contributed by atoms with E-state index in [1.165, 1.54) is 12.8 Å². The molecule has 3 rings (SSSR count). The fraction of sp³-hybridized carbons (Fsp3) is 0.556. The zero-order valence-corrected chi connectivity index (χ0v) is 21.0. The maximum atomic E-state index is 10.4. The van der Waals surface area contributed by atoms with E-state index >= 15 is 0 Å². The molecule has 7 heteroatoms. The van der Waals surface area contributed by atoms with Crippen LogP contribution in [-0.4, -0.2) is 81.7 Å². The molecule has 2 aromatic carbocycles. The summed E-state index contributed by atoms with van der Waals surface area (Å²) in [7, 11) is 5.28. The number of hydrogen-bond acceptors (Lipinski definition) is 7. The summed E-state index contributed by atoms with van der Waals surface area (Å²) in [6, 6.07) is 13.4. The summed E-state index contributed by atoms with van der Waals surface area (Å²) in [6.07, 6.45) is 1.94. The summed E-state index contributed by atoms with van der Waals surface area (Å²) in [5.41, 5.74) is 1.10. The molecule has 34 heavy (non-hydrogen) atoms. The third-order valence-electron chi connectivity index (χ3n) is 6.25. The first-order chi connectivity index (χ1) is 16.5. The van der Waals surface area contributed by atoms with Gasteiger partial charge in [-0.15, -0.1) is 0 Å². The fourth-order valence-corrected chi connectivity index (χ4v) is 4.15. The molecule has 1 heterocycles. The summed E-state index contributed by atoms with van der Waals surface area (Å²) in [5, 5.41) is 10.4. The average molecular weight is 473 g/mol. The second-order valence-corrected chi connectivity index (χ2v) is 9.19. The number of ether oxygens (including phenoxy) is 4. The number of aliphatic hydroxyl groups excluding tert-OH is 1. The highest BCUT2D eigenvalue weighted by atomic mass is 16.5. The van der Waals surface area contributed by atoms with Gasteiger partial charge in [-0.05, 0) is 80.9 Å². The van der Waals surface area contributed by atoms with Gasteiger partial charge >= 0.3 is 0 Å². The minimum Gasteiger partial charge on any atom is -0.497 e. The van der Waals surface area contributed by atoms with Crippen molar-refractivity contribution < 1.29 is 24.1 Å². The van der Waals surface area contributed by atoms with Crippen LogP contribution in [-0.2, 0) is 6.54 Å². The van der Waals surface area contributed by atoms with Crippen molar-refractivity contribution in [1.82, 2.24) is 9.80 Å². The van der Waals surface area contributed by atoms with Gasteiger partial charge in [-0.2, -0.15) is 0 Å². The van der Waals surface area contributed by atoms with E-state index in [2.05, 4.69) is 22.8 Å². The van der Waals surface area contributed by atoms with Crippen LogP contribution in [0.5, 0.6) is 23.0 Å². The zero-order chi connectivity index (χ0) is 24.3. The normalized spacial score (nSPS) is 15.8. The predicted molar refractivity (Wildman–Crippen MR) is 134 cm³/mol. The van der Waals surface area contributed by atoms with Crippen LogP contribution in [0.4, 0.5) is 0 Å². The Bertz CT molecular complexity index is 853. The first-order valence-corrected chi connectivity index (χ1v) is 12.1. The highest BCUT2D eigenvalue weighted by Crippen LogP contribution is 2.28. The third-order valence-corrected chi connectivity index (χ3v) is 6.25. The van der Waals surface area contributed by atoms with Crippen molar-refractivity contribution in [3.8, 4) is 23.0 Å². The van der Waals surface area contributed by atoms with Gasteiger partial charge in [0, 0.05) is 19.6 Å². The van der Waals surface area contributed by atoms with Crippen LogP contribution in [0.1, 0.15) is 25.3 Å². The summed E-state index contributed by atoms with van der Waals surface area (Å²) in [4.78, 5) is 4.54. The molecule has 1 aliphatic rings. The van der Waals surface area contributed by atoms with E-state index in [4.69, 9.17) is 18.9 Å². The number of likely N-dealkylation sites (tertiary alicyclic amines) is 1. The second-order valence-electron chi connectivity index (χ2n) is 9.19. The summed E-state index contributed by atoms with van der Waals surface area (Å²) in [5.74, 6) is 3.83. The van der Waals surface area contributed by atoms with Crippen LogP contribution in [0.2, 0.25) is 0 Å². The van der Waals surface area contributed by atoms with Gasteiger partial charge < -0.3 is 24.1 Å². The van der Waals surface area contributed by atoms with E-state index < -0.39 is 6.10 Å². The first kappa shape index (κ1) is 26.1. The predicted octanol–water partition coefficient (Wildman–Crippen LogP) is 3.69. The van der Waals surface area contributed by atoms with Crippen LogP contribution in [0, 0.1) is 5.92 Å². The Balaban J connectivity index is 1.42. The highest BCUT2D eigenvalue weighted by Gasteiger charge is 2.16. The summed E-state index contributed by atoms with van der Waals surface area (Å²) in [6.45, 7) is 7.64. The molecule has 0 unspecified atom stereocenters. The molecule has 1 N–H and O–H groups in total. The molecule has 1 atom stereocenters. The van der Waals surface area contributed by atoms with Crippen LogP contribution in [0.25, 0.3) is 0 Å². The number of benzene rings is 2. The maximum Gasteiger partial charge on any atom is 0.161 e. The molecule has 7 nitrogen and oxygen atoms in total. The lowest BCUT2D eigenvalue weighted by atomic mass is 9.99. The lowest BCUT2D eigenvalue weighted by molar-refractivity contribution is 0.0743. The number of aliphatic hydroxyl groups is 1. The van der Waals surface area contributed by atoms with Crippen molar-refractivity contribution in [3.63, 3.8) is 0 Å². The Morgan fingerprint density at radius 2 is 1.68 bits per heavy atom. The molecule has 0 bridgehead atoms. The van der Waals surface area contributed by atoms with Gasteiger partial charge in [-0.25, -0.2) is 0 Å². The Morgan fingerprint density at radius 3 is 2.35 bits per heavy atom. The van der Waals surface area contributed by atoms with Crippen molar-refractivity contribution in [3.05, 3.63) is 48.0 Å². The zero-order valence-electron chi connectivity index (χ0n) is 21.0. The van der Waals surface area contributed by atoms with E-state index in [9.17, 15) is 5.11 Å². The molecule has 0 saturated carbocycles. The van der Waals surface area contributed by atoms with Gasteiger partial charge in [-0.3, -0.25) is 9.80 Å². The molecule has 1 saturated heterocycles. The van der Waals surface area contributed by atoms with Crippen molar-refractivity contribution in [2.75, 3.05) is 60.7 Å². The molecule has 0 radical (unpaired) electrons. The van der Waals surface area contributed by atoms with Crippen LogP contribution >= 0.6 is 0 Å². The standard InChI is InChI=1S/C27H40N2O5/c1-21-11-13-29(14-12-21)15-16-33-26-10-5-22(17-27(26)32-4)18-28(2)19-23(30)20-34-25-8-6-24(31-3)7-9-25/h5-10,17,21,23,30H,11-16,18-20H2,1-4H3/t23-/m1/s1. The van der Waals surface area contributed by atoms with E-state index in [0.29, 0.717) is 25.4 Å². The number of methoxy groups -OCH3 is 2. The monoisotopic (exact) mass is 472 g/mol. The van der Waals surface area contributed by atoms with Gasteiger partial charge in [0.2, 0.25) is 0 Å². The number of piperidine rings is 1. The Hall–Kier alpha value is -2.48. The lowest BCUT2D eigenvalue weighted by Crippen LogP contribution is -2.35. The molecule has 1 aliphatic heterocycles. The molecule has 1 fully saturated rings. The minimum atomic E-state index is -0.602. The number of hydrogen-bond donors (Lipinski definition) is 1. The molecular formula is C27H40N2O5. The number of nitrogens with zero attached hydrogens (tertiary/aromatic N) is 2. The Labute approximate surface area is 204 Å². The molecule has 0 aliphatic carbocycles. The summed E-state index contributed by atoms with van der Waals surface area (Å²) < 4.78 is 22.4. The van der Waals surface area contributed by atoms with Gasteiger partial charge in [0.1, 0.15) is 30.8 Å².